The van der Waals surface area contributed by atoms with Gasteiger partial charge in [-0.3, -0.25) is 0 Å². The van der Waals surface area contributed by atoms with Crippen LogP contribution in [0.5, 0.6) is 0 Å². The number of nitrogen functional groups attached to an aromatic ring is 1. The van der Waals surface area contributed by atoms with Crippen LogP contribution in [-0.2, 0) is 0 Å². The summed E-state index contributed by atoms with van der Waals surface area (Å²) < 4.78 is 4.31. The van der Waals surface area contributed by atoms with Crippen molar-refractivity contribution >= 4 is 33.7 Å². The number of hydrogen-bond acceptors (Lipinski definition) is 7. The van der Waals surface area contributed by atoms with Gasteiger partial charge in [0.25, 0.3) is 0 Å². The molecule has 1 atom stereocenters. The van der Waals surface area contributed by atoms with Crippen LogP contribution < -0.4 is 10.6 Å². The lowest BCUT2D eigenvalue weighted by Crippen LogP contribution is -2.19. The molecule has 20 heavy (non-hydrogen) atoms. The highest BCUT2D eigenvalue weighted by Gasteiger charge is 2.27. The highest BCUT2D eigenvalue weighted by Crippen LogP contribution is 2.41. The number of aromatic nitrogens is 2. The van der Waals surface area contributed by atoms with Crippen LogP contribution in [0.3, 0.4) is 0 Å². The van der Waals surface area contributed by atoms with Gasteiger partial charge in [-0.25, -0.2) is 4.98 Å². The van der Waals surface area contributed by atoms with E-state index in [0.717, 1.165) is 47.2 Å². The molecule has 1 fully saturated rings. The number of aryl methyl sites for hydroxylation is 1. The first-order valence-electron chi connectivity index (χ1n) is 6.72. The molecule has 1 aliphatic heterocycles. The Balaban J connectivity index is 1.88. The Morgan fingerprint density at radius 1 is 1.55 bits per heavy atom. The Bertz CT molecular complexity index is 595. The van der Waals surface area contributed by atoms with Crippen LogP contribution in [0.2, 0.25) is 0 Å². The van der Waals surface area contributed by atoms with Gasteiger partial charge in [0.1, 0.15) is 10.8 Å². The molecule has 2 aromatic rings. The molecule has 3 heterocycles. The van der Waals surface area contributed by atoms with E-state index >= 15 is 0 Å². The number of rotatable bonds is 4. The van der Waals surface area contributed by atoms with Crippen LogP contribution in [0.1, 0.15) is 17.8 Å². The third-order valence-electron chi connectivity index (χ3n) is 3.69. The third kappa shape index (κ3) is 2.53. The lowest BCUT2D eigenvalue weighted by Gasteiger charge is -2.17. The number of aliphatic hydroxyl groups is 1. The van der Waals surface area contributed by atoms with Crippen molar-refractivity contribution in [3.05, 3.63) is 10.4 Å². The first-order valence-corrected chi connectivity index (χ1v) is 8.37. The second-order valence-electron chi connectivity index (χ2n) is 5.11. The standard InChI is InChI=1S/C13H18N4OS2/c1-8-15-10(7-19-8)11-12(14)16-20-13(11)17-4-2-9(6-17)3-5-18/h7,9,18H,2-6H2,1H3,(H2,14,16). The molecule has 1 aliphatic rings. The summed E-state index contributed by atoms with van der Waals surface area (Å²) in [4.78, 5) is 6.87. The highest BCUT2D eigenvalue weighted by atomic mass is 32.1. The van der Waals surface area contributed by atoms with Crippen molar-refractivity contribution in [3.63, 3.8) is 0 Å². The van der Waals surface area contributed by atoms with Crippen LogP contribution in [0.15, 0.2) is 5.38 Å². The molecule has 2 aromatic heterocycles. The van der Waals surface area contributed by atoms with Crippen molar-refractivity contribution in [2.75, 3.05) is 30.3 Å². The topological polar surface area (TPSA) is 75.3 Å². The molecular formula is C13H18N4OS2. The van der Waals surface area contributed by atoms with Gasteiger partial charge < -0.3 is 15.7 Å². The van der Waals surface area contributed by atoms with E-state index in [4.69, 9.17) is 10.8 Å². The number of anilines is 2. The van der Waals surface area contributed by atoms with Gasteiger partial charge in [-0.05, 0) is 37.2 Å². The Morgan fingerprint density at radius 2 is 2.40 bits per heavy atom. The molecular weight excluding hydrogens is 292 g/mol. The van der Waals surface area contributed by atoms with Crippen molar-refractivity contribution in [2.24, 2.45) is 5.92 Å². The first kappa shape index (κ1) is 13.8. The molecule has 1 unspecified atom stereocenters. The lowest BCUT2D eigenvalue weighted by atomic mass is 10.1. The monoisotopic (exact) mass is 310 g/mol. The molecule has 0 amide bonds. The number of aliphatic hydroxyl groups excluding tert-OH is 1. The average Bonchev–Trinajstić information content (AvgIpc) is 3.10. The summed E-state index contributed by atoms with van der Waals surface area (Å²) in [5.74, 6) is 1.13. The Kier molecular flexibility index (Phi) is 3.91. The fourth-order valence-electron chi connectivity index (χ4n) is 2.66. The molecule has 0 spiro atoms. The summed E-state index contributed by atoms with van der Waals surface area (Å²) in [5.41, 5.74) is 7.95. The van der Waals surface area contributed by atoms with Crippen molar-refractivity contribution in [2.45, 2.75) is 19.8 Å². The summed E-state index contributed by atoms with van der Waals surface area (Å²) in [7, 11) is 0. The molecule has 0 bridgehead atoms. The van der Waals surface area contributed by atoms with Crippen LogP contribution in [0.4, 0.5) is 10.8 Å². The van der Waals surface area contributed by atoms with Gasteiger partial charge in [0.15, 0.2) is 0 Å². The van der Waals surface area contributed by atoms with Gasteiger partial charge in [0, 0.05) is 25.1 Å². The van der Waals surface area contributed by atoms with Gasteiger partial charge in [-0.15, -0.1) is 11.3 Å². The minimum Gasteiger partial charge on any atom is -0.396 e. The van der Waals surface area contributed by atoms with Crippen LogP contribution in [-0.4, -0.2) is 34.2 Å². The predicted molar refractivity (Wildman–Crippen MR) is 84.4 cm³/mol. The van der Waals surface area contributed by atoms with Gasteiger partial charge in [-0.1, -0.05) is 0 Å². The molecule has 7 heteroatoms. The normalized spacial score (nSPS) is 18.9. The van der Waals surface area contributed by atoms with E-state index in [1.165, 1.54) is 11.5 Å². The smallest absolute Gasteiger partial charge is 0.148 e. The largest absolute Gasteiger partial charge is 0.396 e. The maximum atomic E-state index is 9.07. The lowest BCUT2D eigenvalue weighted by molar-refractivity contribution is 0.263. The predicted octanol–water partition coefficient (Wildman–Crippen LogP) is 2.37. The molecule has 0 aliphatic carbocycles. The van der Waals surface area contributed by atoms with Crippen molar-refractivity contribution in [1.82, 2.24) is 9.36 Å². The quantitative estimate of drug-likeness (QED) is 0.907. The average molecular weight is 310 g/mol. The third-order valence-corrected chi connectivity index (χ3v) is 5.38. The van der Waals surface area contributed by atoms with Gasteiger partial charge in [0.05, 0.1) is 16.3 Å². The Labute approximate surface area is 126 Å². The zero-order valence-corrected chi connectivity index (χ0v) is 13.0. The zero-order chi connectivity index (χ0) is 14.1. The van der Waals surface area contributed by atoms with Crippen molar-refractivity contribution in [1.29, 1.82) is 0 Å². The summed E-state index contributed by atoms with van der Waals surface area (Å²) >= 11 is 3.08. The van der Waals surface area contributed by atoms with Crippen LogP contribution in [0, 0.1) is 12.8 Å². The van der Waals surface area contributed by atoms with E-state index in [1.54, 1.807) is 11.3 Å². The van der Waals surface area contributed by atoms with E-state index in [0.29, 0.717) is 11.7 Å². The van der Waals surface area contributed by atoms with Crippen molar-refractivity contribution in [3.8, 4) is 11.3 Å². The first-order chi connectivity index (χ1) is 9.69. The van der Waals surface area contributed by atoms with Crippen LogP contribution >= 0.6 is 22.9 Å². The maximum Gasteiger partial charge on any atom is 0.148 e. The Hall–Kier alpha value is -1.18. The minimum atomic E-state index is 0.265. The molecule has 0 radical (unpaired) electrons. The van der Waals surface area contributed by atoms with E-state index < -0.39 is 0 Å². The second kappa shape index (κ2) is 5.67. The molecule has 3 rings (SSSR count). The summed E-state index contributed by atoms with van der Waals surface area (Å²) in [6, 6.07) is 0. The number of nitrogens with two attached hydrogens (primary N) is 1. The van der Waals surface area contributed by atoms with Gasteiger partial charge >= 0.3 is 0 Å². The maximum absolute atomic E-state index is 9.07. The Morgan fingerprint density at radius 3 is 3.10 bits per heavy atom. The minimum absolute atomic E-state index is 0.265. The number of thiazole rings is 1. The van der Waals surface area contributed by atoms with E-state index in [-0.39, 0.29) is 6.61 Å². The molecule has 0 aromatic carbocycles. The zero-order valence-electron chi connectivity index (χ0n) is 11.4. The van der Waals surface area contributed by atoms with Gasteiger partial charge in [0.2, 0.25) is 0 Å². The summed E-state index contributed by atoms with van der Waals surface area (Å²) in [5, 5.41) is 13.3. The number of nitrogens with zero attached hydrogens (tertiary/aromatic N) is 3. The fraction of sp³-hybridized carbons (Fsp3) is 0.538. The van der Waals surface area contributed by atoms with E-state index in [9.17, 15) is 0 Å². The molecule has 1 saturated heterocycles. The number of hydrogen-bond donors (Lipinski definition) is 2. The van der Waals surface area contributed by atoms with Gasteiger partial charge in [-0.2, -0.15) is 4.37 Å². The fourth-order valence-corrected chi connectivity index (χ4v) is 4.13. The van der Waals surface area contributed by atoms with E-state index in [2.05, 4.69) is 14.3 Å². The summed E-state index contributed by atoms with van der Waals surface area (Å²) in [6.07, 6.45) is 1.99. The molecule has 3 N–H and O–H groups in total. The molecule has 5 nitrogen and oxygen atoms in total. The van der Waals surface area contributed by atoms with Crippen LogP contribution in [0.25, 0.3) is 11.3 Å². The molecule has 0 saturated carbocycles. The highest BCUT2D eigenvalue weighted by molar-refractivity contribution is 7.11. The van der Waals surface area contributed by atoms with E-state index in [1.807, 2.05) is 12.3 Å². The summed E-state index contributed by atoms with van der Waals surface area (Å²) in [6.45, 7) is 4.24. The molecule has 108 valence electrons. The second-order valence-corrected chi connectivity index (χ2v) is 6.93. The van der Waals surface area contributed by atoms with Crippen molar-refractivity contribution < 1.29 is 5.11 Å². The SMILES string of the molecule is Cc1nc(-c2c(N)nsc2N2CCC(CCO)C2)cs1.